The van der Waals surface area contributed by atoms with Gasteiger partial charge in [0.25, 0.3) is 0 Å². The van der Waals surface area contributed by atoms with Crippen LogP contribution < -0.4 is 4.74 Å². The lowest BCUT2D eigenvalue weighted by Crippen LogP contribution is -1.90. The smallest absolute Gasteiger partial charge is 0.219 e. The van der Waals surface area contributed by atoms with Gasteiger partial charge in [-0.1, -0.05) is 11.6 Å². The molecule has 0 spiro atoms. The monoisotopic (exact) mass is 315 g/mol. The normalized spacial score (nSPS) is 10.4. The molecule has 0 saturated heterocycles. The fourth-order valence-corrected chi connectivity index (χ4v) is 1.56. The lowest BCUT2D eigenvalue weighted by Gasteiger charge is -2.06. The van der Waals surface area contributed by atoms with Crippen LogP contribution in [0.5, 0.6) is 11.6 Å². The van der Waals surface area contributed by atoms with Crippen molar-refractivity contribution < 1.29 is 9.13 Å². The lowest BCUT2D eigenvalue weighted by atomic mass is 10.3. The average molecular weight is 317 g/mol. The minimum absolute atomic E-state index is 0.0669. The summed E-state index contributed by atoms with van der Waals surface area (Å²) in [5.41, 5.74) is 0.990. The van der Waals surface area contributed by atoms with Crippen LogP contribution in [0.15, 0.2) is 34.9 Å². The van der Waals surface area contributed by atoms with Crippen LogP contribution in [0.25, 0.3) is 0 Å². The summed E-state index contributed by atoms with van der Waals surface area (Å²) < 4.78 is 19.5. The third kappa shape index (κ3) is 2.96. The molecule has 0 atom stereocenters. The van der Waals surface area contributed by atoms with Gasteiger partial charge in [0.05, 0.1) is 5.02 Å². The van der Waals surface area contributed by atoms with Crippen molar-refractivity contribution in [1.82, 2.24) is 4.98 Å². The number of aryl methyl sites for hydroxylation is 1. The van der Waals surface area contributed by atoms with E-state index in [-0.39, 0.29) is 5.02 Å². The molecule has 1 aromatic carbocycles. The van der Waals surface area contributed by atoms with Gasteiger partial charge in [-0.15, -0.1) is 0 Å². The SMILES string of the molecule is Cc1cc(Oc2ccc(Cl)c(F)c2)ncc1Br. The zero-order valence-electron chi connectivity index (χ0n) is 8.88. The number of nitrogens with zero attached hydrogens (tertiary/aromatic N) is 1. The molecular weight excluding hydrogens is 308 g/mol. The maximum absolute atomic E-state index is 13.2. The van der Waals surface area contributed by atoms with Gasteiger partial charge in [0.15, 0.2) is 0 Å². The Morgan fingerprint density at radius 2 is 2.12 bits per heavy atom. The van der Waals surface area contributed by atoms with Gasteiger partial charge in [-0.05, 0) is 40.5 Å². The zero-order chi connectivity index (χ0) is 12.4. The van der Waals surface area contributed by atoms with E-state index in [1.807, 2.05) is 6.92 Å². The van der Waals surface area contributed by atoms with E-state index in [9.17, 15) is 4.39 Å². The molecule has 1 aromatic heterocycles. The Labute approximate surface area is 112 Å². The minimum Gasteiger partial charge on any atom is -0.439 e. The second kappa shape index (κ2) is 5.02. The fraction of sp³-hybridized carbons (Fsp3) is 0.0833. The summed E-state index contributed by atoms with van der Waals surface area (Å²) >= 11 is 8.92. The summed E-state index contributed by atoms with van der Waals surface area (Å²) in [5, 5.41) is 0.0669. The van der Waals surface area contributed by atoms with E-state index < -0.39 is 5.82 Å². The van der Waals surface area contributed by atoms with Crippen molar-refractivity contribution in [3.63, 3.8) is 0 Å². The van der Waals surface area contributed by atoms with Crippen molar-refractivity contribution in [2.45, 2.75) is 6.92 Å². The Balaban J connectivity index is 2.25. The van der Waals surface area contributed by atoms with Crippen molar-refractivity contribution >= 4 is 27.5 Å². The van der Waals surface area contributed by atoms with Crippen LogP contribution in [0.2, 0.25) is 5.02 Å². The molecule has 2 nitrogen and oxygen atoms in total. The molecule has 0 N–H and O–H groups in total. The van der Waals surface area contributed by atoms with Crippen LogP contribution in [0.1, 0.15) is 5.56 Å². The quantitative estimate of drug-likeness (QED) is 0.798. The highest BCUT2D eigenvalue weighted by Gasteiger charge is 2.05. The molecule has 0 bridgehead atoms. The second-order valence-corrected chi connectivity index (χ2v) is 4.71. The van der Waals surface area contributed by atoms with Crippen molar-refractivity contribution in [2.24, 2.45) is 0 Å². The van der Waals surface area contributed by atoms with E-state index >= 15 is 0 Å². The molecule has 5 heteroatoms. The second-order valence-electron chi connectivity index (χ2n) is 3.45. The molecule has 0 radical (unpaired) electrons. The molecule has 0 unspecified atom stereocenters. The van der Waals surface area contributed by atoms with Gasteiger partial charge in [-0.2, -0.15) is 0 Å². The largest absolute Gasteiger partial charge is 0.439 e. The van der Waals surface area contributed by atoms with Crippen LogP contribution in [-0.2, 0) is 0 Å². The number of halogens is 3. The Morgan fingerprint density at radius 3 is 2.76 bits per heavy atom. The first-order valence-electron chi connectivity index (χ1n) is 4.81. The maximum atomic E-state index is 13.2. The zero-order valence-corrected chi connectivity index (χ0v) is 11.2. The molecular formula is C12H8BrClFNO. The number of pyridine rings is 1. The van der Waals surface area contributed by atoms with Crippen molar-refractivity contribution in [3.05, 3.63) is 51.3 Å². The number of benzene rings is 1. The first-order valence-corrected chi connectivity index (χ1v) is 5.98. The van der Waals surface area contributed by atoms with Crippen LogP contribution in [0.4, 0.5) is 4.39 Å². The van der Waals surface area contributed by atoms with Gasteiger partial charge in [0, 0.05) is 22.8 Å². The van der Waals surface area contributed by atoms with E-state index in [4.69, 9.17) is 16.3 Å². The summed E-state index contributed by atoms with van der Waals surface area (Å²) in [7, 11) is 0. The van der Waals surface area contributed by atoms with Gasteiger partial charge in [0.1, 0.15) is 11.6 Å². The molecule has 0 saturated carbocycles. The Kier molecular flexibility index (Phi) is 3.64. The summed E-state index contributed by atoms with van der Waals surface area (Å²) in [6, 6.07) is 6.01. The predicted octanol–water partition coefficient (Wildman–Crippen LogP) is 4.74. The van der Waals surface area contributed by atoms with E-state index in [0.717, 1.165) is 10.0 Å². The number of hydrogen-bond donors (Lipinski definition) is 0. The molecule has 0 aliphatic heterocycles. The van der Waals surface area contributed by atoms with E-state index in [1.165, 1.54) is 12.1 Å². The Hall–Kier alpha value is -1.13. The van der Waals surface area contributed by atoms with Gasteiger partial charge < -0.3 is 4.74 Å². The van der Waals surface area contributed by atoms with Gasteiger partial charge >= 0.3 is 0 Å². The van der Waals surface area contributed by atoms with Gasteiger partial charge in [-0.25, -0.2) is 9.37 Å². The number of rotatable bonds is 2. The van der Waals surface area contributed by atoms with Crippen molar-refractivity contribution in [2.75, 3.05) is 0 Å². The highest BCUT2D eigenvalue weighted by atomic mass is 79.9. The summed E-state index contributed by atoms with van der Waals surface area (Å²) in [6.07, 6.45) is 1.64. The number of ether oxygens (including phenoxy) is 1. The lowest BCUT2D eigenvalue weighted by molar-refractivity contribution is 0.457. The van der Waals surface area contributed by atoms with Crippen LogP contribution >= 0.6 is 27.5 Å². The average Bonchev–Trinajstić information content (AvgIpc) is 2.29. The molecule has 2 rings (SSSR count). The van der Waals surface area contributed by atoms with Crippen LogP contribution in [-0.4, -0.2) is 4.98 Å². The first kappa shape index (κ1) is 12.3. The van der Waals surface area contributed by atoms with Crippen molar-refractivity contribution in [3.8, 4) is 11.6 Å². The number of aromatic nitrogens is 1. The fourth-order valence-electron chi connectivity index (χ4n) is 1.23. The van der Waals surface area contributed by atoms with Gasteiger partial charge in [-0.3, -0.25) is 0 Å². The third-order valence-corrected chi connectivity index (χ3v) is 3.27. The standard InChI is InChI=1S/C12H8BrClFNO/c1-7-4-12(16-6-9(7)13)17-8-2-3-10(14)11(15)5-8/h2-6H,1H3. The van der Waals surface area contributed by atoms with E-state index in [2.05, 4.69) is 20.9 Å². The van der Waals surface area contributed by atoms with Gasteiger partial charge in [0.2, 0.25) is 5.88 Å². The van der Waals surface area contributed by atoms with E-state index in [0.29, 0.717) is 11.6 Å². The molecule has 2 aromatic rings. The third-order valence-electron chi connectivity index (χ3n) is 2.14. The summed E-state index contributed by atoms with van der Waals surface area (Å²) in [6.45, 7) is 1.92. The minimum atomic E-state index is -0.516. The van der Waals surface area contributed by atoms with Crippen LogP contribution in [0, 0.1) is 12.7 Å². The molecule has 17 heavy (non-hydrogen) atoms. The van der Waals surface area contributed by atoms with Crippen LogP contribution in [0.3, 0.4) is 0 Å². The molecule has 0 fully saturated rings. The summed E-state index contributed by atoms with van der Waals surface area (Å²) in [5.74, 6) is 0.256. The first-order chi connectivity index (χ1) is 8.06. The van der Waals surface area contributed by atoms with E-state index in [1.54, 1.807) is 18.3 Å². The molecule has 0 amide bonds. The molecule has 0 aliphatic carbocycles. The summed E-state index contributed by atoms with van der Waals surface area (Å²) in [4.78, 5) is 4.06. The maximum Gasteiger partial charge on any atom is 0.219 e. The molecule has 88 valence electrons. The topological polar surface area (TPSA) is 22.1 Å². The molecule has 1 heterocycles. The number of hydrogen-bond acceptors (Lipinski definition) is 2. The Morgan fingerprint density at radius 1 is 1.35 bits per heavy atom. The Bertz CT molecular complexity index is 513. The predicted molar refractivity (Wildman–Crippen MR) is 68.2 cm³/mol. The molecule has 0 aliphatic rings. The highest BCUT2D eigenvalue weighted by Crippen LogP contribution is 2.26. The van der Waals surface area contributed by atoms with Crippen molar-refractivity contribution in [1.29, 1.82) is 0 Å². The highest BCUT2D eigenvalue weighted by molar-refractivity contribution is 9.10.